The van der Waals surface area contributed by atoms with Crippen LogP contribution in [0.5, 0.6) is 0 Å². The first-order chi connectivity index (χ1) is 9.95. The molecule has 0 spiro atoms. The van der Waals surface area contributed by atoms with Crippen molar-refractivity contribution in [3.8, 4) is 0 Å². The standard InChI is InChI=1S/C15H16ClNO3S/c1-9(15(19)20-3)8-17(2)14(18)13-12(16)10-6-4-5-7-11(10)21-13/h4-7,9H,8H2,1-3H3. The van der Waals surface area contributed by atoms with E-state index in [1.807, 2.05) is 24.3 Å². The molecule has 0 saturated carbocycles. The molecule has 1 unspecified atom stereocenters. The number of hydrogen-bond acceptors (Lipinski definition) is 4. The van der Waals surface area contributed by atoms with E-state index in [4.69, 9.17) is 11.6 Å². The van der Waals surface area contributed by atoms with Crippen LogP contribution >= 0.6 is 22.9 Å². The average Bonchev–Trinajstić information content (AvgIpc) is 2.83. The Balaban J connectivity index is 2.22. The molecule has 0 fully saturated rings. The summed E-state index contributed by atoms with van der Waals surface area (Å²) in [7, 11) is 2.99. The number of carbonyl (C=O) groups is 2. The molecule has 6 heteroatoms. The maximum Gasteiger partial charge on any atom is 0.310 e. The minimum absolute atomic E-state index is 0.183. The van der Waals surface area contributed by atoms with Crippen molar-refractivity contribution in [1.29, 1.82) is 0 Å². The highest BCUT2D eigenvalue weighted by Crippen LogP contribution is 2.35. The molecule has 0 aliphatic carbocycles. The molecular formula is C15H16ClNO3S. The number of hydrogen-bond donors (Lipinski definition) is 0. The molecule has 0 saturated heterocycles. The zero-order valence-electron chi connectivity index (χ0n) is 12.1. The van der Waals surface area contributed by atoms with Crippen molar-refractivity contribution in [3.05, 3.63) is 34.2 Å². The summed E-state index contributed by atoms with van der Waals surface area (Å²) < 4.78 is 5.64. The Bertz CT molecular complexity index is 683. The number of ether oxygens (including phenoxy) is 1. The number of methoxy groups -OCH3 is 1. The summed E-state index contributed by atoms with van der Waals surface area (Å²) in [5, 5.41) is 1.35. The van der Waals surface area contributed by atoms with Gasteiger partial charge < -0.3 is 9.64 Å². The van der Waals surface area contributed by atoms with Gasteiger partial charge in [0.25, 0.3) is 5.91 Å². The Morgan fingerprint density at radius 1 is 1.38 bits per heavy atom. The molecule has 0 aliphatic heterocycles. The lowest BCUT2D eigenvalue weighted by molar-refractivity contribution is -0.145. The van der Waals surface area contributed by atoms with E-state index in [9.17, 15) is 9.59 Å². The fourth-order valence-corrected chi connectivity index (χ4v) is 3.60. The molecule has 2 rings (SSSR count). The van der Waals surface area contributed by atoms with E-state index in [-0.39, 0.29) is 24.3 Å². The van der Waals surface area contributed by atoms with Crippen molar-refractivity contribution >= 4 is 44.9 Å². The molecule has 0 radical (unpaired) electrons. The van der Waals surface area contributed by atoms with Crippen LogP contribution in [0.2, 0.25) is 5.02 Å². The van der Waals surface area contributed by atoms with Gasteiger partial charge in [0.2, 0.25) is 0 Å². The molecule has 21 heavy (non-hydrogen) atoms. The Morgan fingerprint density at radius 2 is 2.05 bits per heavy atom. The Morgan fingerprint density at radius 3 is 2.67 bits per heavy atom. The van der Waals surface area contributed by atoms with Gasteiger partial charge in [-0.1, -0.05) is 36.7 Å². The molecule has 0 N–H and O–H groups in total. The second-order valence-corrected chi connectivity index (χ2v) is 6.28. The van der Waals surface area contributed by atoms with E-state index in [1.165, 1.54) is 23.3 Å². The summed E-state index contributed by atoms with van der Waals surface area (Å²) in [5.41, 5.74) is 0. The molecule has 0 bridgehead atoms. The van der Waals surface area contributed by atoms with Crippen LogP contribution < -0.4 is 0 Å². The zero-order valence-corrected chi connectivity index (χ0v) is 13.6. The zero-order chi connectivity index (χ0) is 15.6. The molecule has 4 nitrogen and oxygen atoms in total. The number of nitrogens with zero attached hydrogens (tertiary/aromatic N) is 1. The molecule has 112 valence electrons. The predicted octanol–water partition coefficient (Wildman–Crippen LogP) is 3.44. The summed E-state index contributed by atoms with van der Waals surface area (Å²) in [6.07, 6.45) is 0. The van der Waals surface area contributed by atoms with E-state index < -0.39 is 0 Å². The lowest BCUT2D eigenvalue weighted by Gasteiger charge is -2.19. The quantitative estimate of drug-likeness (QED) is 0.809. The fourth-order valence-electron chi connectivity index (χ4n) is 2.09. The van der Waals surface area contributed by atoms with Crippen LogP contribution in [0.4, 0.5) is 0 Å². The van der Waals surface area contributed by atoms with Gasteiger partial charge in [-0.3, -0.25) is 9.59 Å². The predicted molar refractivity (Wildman–Crippen MR) is 85.0 cm³/mol. The van der Waals surface area contributed by atoms with Gasteiger partial charge in [-0.15, -0.1) is 11.3 Å². The van der Waals surface area contributed by atoms with Crippen molar-refractivity contribution in [2.24, 2.45) is 5.92 Å². The third-order valence-electron chi connectivity index (χ3n) is 3.23. The number of esters is 1. The maximum absolute atomic E-state index is 12.5. The lowest BCUT2D eigenvalue weighted by atomic mass is 10.1. The van der Waals surface area contributed by atoms with Gasteiger partial charge in [0.1, 0.15) is 4.88 Å². The summed E-state index contributed by atoms with van der Waals surface area (Å²) >= 11 is 7.66. The number of fused-ring (bicyclic) bond motifs is 1. The highest BCUT2D eigenvalue weighted by atomic mass is 35.5. The first-order valence-electron chi connectivity index (χ1n) is 6.46. The van der Waals surface area contributed by atoms with Crippen LogP contribution in [0.25, 0.3) is 10.1 Å². The number of halogens is 1. The van der Waals surface area contributed by atoms with Gasteiger partial charge in [0.05, 0.1) is 18.1 Å². The number of benzene rings is 1. The minimum Gasteiger partial charge on any atom is -0.469 e. The molecule has 1 atom stereocenters. The highest BCUT2D eigenvalue weighted by molar-refractivity contribution is 7.21. The fraction of sp³-hybridized carbons (Fsp3) is 0.333. The van der Waals surface area contributed by atoms with Crippen molar-refractivity contribution in [3.63, 3.8) is 0 Å². The normalized spacial score (nSPS) is 12.2. The third kappa shape index (κ3) is 3.19. The minimum atomic E-state index is -0.378. The summed E-state index contributed by atoms with van der Waals surface area (Å²) in [6.45, 7) is 2.01. The Hall–Kier alpha value is -1.59. The molecule has 1 heterocycles. The molecule has 2 aromatic rings. The van der Waals surface area contributed by atoms with Crippen molar-refractivity contribution in [1.82, 2.24) is 4.90 Å². The van der Waals surface area contributed by atoms with Crippen molar-refractivity contribution in [2.45, 2.75) is 6.92 Å². The van der Waals surface area contributed by atoms with Crippen LogP contribution in [-0.4, -0.2) is 37.5 Å². The SMILES string of the molecule is COC(=O)C(C)CN(C)C(=O)c1sc2ccccc2c1Cl. The van der Waals surface area contributed by atoms with Gasteiger partial charge in [0, 0.05) is 23.7 Å². The van der Waals surface area contributed by atoms with E-state index in [0.717, 1.165) is 10.1 Å². The highest BCUT2D eigenvalue weighted by Gasteiger charge is 2.23. The number of thiophene rings is 1. The van der Waals surface area contributed by atoms with E-state index >= 15 is 0 Å². The molecular weight excluding hydrogens is 310 g/mol. The second-order valence-electron chi connectivity index (χ2n) is 4.85. The molecule has 0 aliphatic rings. The average molecular weight is 326 g/mol. The van der Waals surface area contributed by atoms with Gasteiger partial charge in [-0.2, -0.15) is 0 Å². The van der Waals surface area contributed by atoms with E-state index in [0.29, 0.717) is 9.90 Å². The number of amides is 1. The van der Waals surface area contributed by atoms with Crippen LogP contribution in [0.1, 0.15) is 16.6 Å². The maximum atomic E-state index is 12.5. The van der Waals surface area contributed by atoms with E-state index in [1.54, 1.807) is 14.0 Å². The summed E-state index contributed by atoms with van der Waals surface area (Å²) in [5.74, 6) is -0.897. The molecule has 1 aromatic heterocycles. The van der Waals surface area contributed by atoms with Crippen molar-refractivity contribution < 1.29 is 14.3 Å². The van der Waals surface area contributed by atoms with Crippen LogP contribution in [0, 0.1) is 5.92 Å². The second kappa shape index (κ2) is 6.45. The Kier molecular flexibility index (Phi) is 4.85. The van der Waals surface area contributed by atoms with Crippen molar-refractivity contribution in [2.75, 3.05) is 20.7 Å². The van der Waals surface area contributed by atoms with Gasteiger partial charge in [-0.05, 0) is 6.07 Å². The topological polar surface area (TPSA) is 46.6 Å². The van der Waals surface area contributed by atoms with Gasteiger partial charge in [0.15, 0.2) is 0 Å². The first kappa shape index (κ1) is 15.8. The van der Waals surface area contributed by atoms with Crippen LogP contribution in [-0.2, 0) is 9.53 Å². The largest absolute Gasteiger partial charge is 0.469 e. The van der Waals surface area contributed by atoms with Crippen LogP contribution in [0.3, 0.4) is 0 Å². The monoisotopic (exact) mass is 325 g/mol. The smallest absolute Gasteiger partial charge is 0.310 e. The molecule has 1 aromatic carbocycles. The first-order valence-corrected chi connectivity index (χ1v) is 7.65. The summed E-state index contributed by atoms with van der Waals surface area (Å²) in [4.78, 5) is 25.9. The van der Waals surface area contributed by atoms with E-state index in [2.05, 4.69) is 4.74 Å². The Labute approximate surface area is 132 Å². The number of carbonyl (C=O) groups excluding carboxylic acids is 2. The number of rotatable bonds is 4. The van der Waals surface area contributed by atoms with Gasteiger partial charge >= 0.3 is 5.97 Å². The van der Waals surface area contributed by atoms with Crippen LogP contribution in [0.15, 0.2) is 24.3 Å². The lowest BCUT2D eigenvalue weighted by Crippen LogP contribution is -2.33. The summed E-state index contributed by atoms with van der Waals surface area (Å²) in [6, 6.07) is 7.62. The van der Waals surface area contributed by atoms with Gasteiger partial charge in [-0.25, -0.2) is 0 Å². The molecule has 1 amide bonds. The third-order valence-corrected chi connectivity index (χ3v) is 4.89.